The average Bonchev–Trinajstić information content (AvgIpc) is 2.97. The molecule has 0 atom stereocenters. The van der Waals surface area contributed by atoms with Crippen molar-refractivity contribution < 1.29 is 4.74 Å². The van der Waals surface area contributed by atoms with Gasteiger partial charge < -0.3 is 15.4 Å². The fourth-order valence-electron chi connectivity index (χ4n) is 2.68. The molecule has 0 unspecified atom stereocenters. The molecule has 6 heteroatoms. The lowest BCUT2D eigenvalue weighted by atomic mass is 10.2. The first-order valence-corrected chi connectivity index (χ1v) is 8.91. The van der Waals surface area contributed by atoms with Crippen molar-refractivity contribution in [3.05, 3.63) is 59.9 Å². The molecule has 1 aromatic carbocycles. The van der Waals surface area contributed by atoms with Gasteiger partial charge in [0.1, 0.15) is 12.4 Å². The highest BCUT2D eigenvalue weighted by molar-refractivity contribution is 5.79. The van der Waals surface area contributed by atoms with E-state index < -0.39 is 0 Å². The summed E-state index contributed by atoms with van der Waals surface area (Å²) in [6.45, 7) is 10.6. The zero-order valence-electron chi connectivity index (χ0n) is 16.0. The van der Waals surface area contributed by atoms with Crippen LogP contribution in [0, 0.1) is 13.8 Å². The van der Waals surface area contributed by atoms with E-state index in [2.05, 4.69) is 40.3 Å². The van der Waals surface area contributed by atoms with Crippen LogP contribution in [-0.2, 0) is 13.1 Å². The number of rotatable bonds is 9. The highest BCUT2D eigenvalue weighted by Crippen LogP contribution is 2.17. The fourth-order valence-corrected chi connectivity index (χ4v) is 2.68. The van der Waals surface area contributed by atoms with Crippen LogP contribution in [0.25, 0.3) is 0 Å². The molecule has 26 heavy (non-hydrogen) atoms. The molecule has 2 N–H and O–H groups in total. The third kappa shape index (κ3) is 5.95. The average molecular weight is 355 g/mol. The van der Waals surface area contributed by atoms with Gasteiger partial charge in [0.25, 0.3) is 0 Å². The molecule has 0 aliphatic carbocycles. The van der Waals surface area contributed by atoms with Gasteiger partial charge in [0.2, 0.25) is 0 Å². The fraction of sp³-hybridized carbons (Fsp3) is 0.400. The molecule has 0 saturated heterocycles. The predicted molar refractivity (Wildman–Crippen MR) is 107 cm³/mol. The number of aliphatic imine (C=N–C) groups is 1. The van der Waals surface area contributed by atoms with E-state index in [1.165, 1.54) is 5.69 Å². The Morgan fingerprint density at radius 2 is 2.12 bits per heavy atom. The summed E-state index contributed by atoms with van der Waals surface area (Å²) >= 11 is 0. The standard InChI is InChI=1S/C20H29N5O/c1-5-13-26-19-10-7-6-9-18(19)15-23-20(21-4)22-11-8-12-25-17(3)14-16(2)24-25/h5-7,9-10,14H,1,8,11-13,15H2,2-4H3,(H2,21,22,23). The number of aromatic nitrogens is 2. The highest BCUT2D eigenvalue weighted by Gasteiger charge is 2.05. The Bertz CT molecular complexity index is 736. The minimum absolute atomic E-state index is 0.496. The van der Waals surface area contributed by atoms with Gasteiger partial charge in [0.15, 0.2) is 5.96 Å². The van der Waals surface area contributed by atoms with Crippen LogP contribution in [-0.4, -0.2) is 35.9 Å². The van der Waals surface area contributed by atoms with Gasteiger partial charge in [-0.05, 0) is 32.4 Å². The Labute approximate surface area is 156 Å². The van der Waals surface area contributed by atoms with E-state index in [0.717, 1.165) is 42.5 Å². The first-order valence-electron chi connectivity index (χ1n) is 8.91. The number of nitrogens with one attached hydrogen (secondary N) is 2. The molecule has 2 aromatic rings. The minimum Gasteiger partial charge on any atom is -0.489 e. The second kappa shape index (κ2) is 10.3. The van der Waals surface area contributed by atoms with Crippen molar-refractivity contribution in [3.63, 3.8) is 0 Å². The molecule has 0 aliphatic rings. The van der Waals surface area contributed by atoms with Gasteiger partial charge in [-0.1, -0.05) is 30.9 Å². The van der Waals surface area contributed by atoms with Crippen molar-refractivity contribution in [2.75, 3.05) is 20.2 Å². The largest absolute Gasteiger partial charge is 0.489 e. The summed E-state index contributed by atoms with van der Waals surface area (Å²) < 4.78 is 7.73. The van der Waals surface area contributed by atoms with Crippen LogP contribution < -0.4 is 15.4 Å². The molecular formula is C20H29N5O. The predicted octanol–water partition coefficient (Wildman–Crippen LogP) is 2.82. The second-order valence-electron chi connectivity index (χ2n) is 6.06. The number of para-hydroxylation sites is 1. The van der Waals surface area contributed by atoms with Crippen molar-refractivity contribution >= 4 is 5.96 Å². The number of hydrogen-bond donors (Lipinski definition) is 2. The lowest BCUT2D eigenvalue weighted by molar-refractivity contribution is 0.358. The number of guanidine groups is 1. The summed E-state index contributed by atoms with van der Waals surface area (Å²) in [7, 11) is 1.77. The topological polar surface area (TPSA) is 63.5 Å². The van der Waals surface area contributed by atoms with E-state index in [-0.39, 0.29) is 0 Å². The molecular weight excluding hydrogens is 326 g/mol. The molecule has 1 heterocycles. The Hall–Kier alpha value is -2.76. The molecule has 0 bridgehead atoms. The van der Waals surface area contributed by atoms with Crippen LogP contribution in [0.5, 0.6) is 5.75 Å². The molecule has 140 valence electrons. The normalized spacial score (nSPS) is 11.3. The Balaban J connectivity index is 1.77. The number of nitrogens with zero attached hydrogens (tertiary/aromatic N) is 3. The third-order valence-electron chi connectivity index (χ3n) is 3.94. The monoisotopic (exact) mass is 355 g/mol. The smallest absolute Gasteiger partial charge is 0.191 e. The second-order valence-corrected chi connectivity index (χ2v) is 6.06. The van der Waals surface area contributed by atoms with E-state index in [0.29, 0.717) is 13.2 Å². The summed E-state index contributed by atoms with van der Waals surface area (Å²) in [5.74, 6) is 1.64. The molecule has 0 saturated carbocycles. The van der Waals surface area contributed by atoms with E-state index >= 15 is 0 Å². The molecule has 6 nitrogen and oxygen atoms in total. The number of ether oxygens (including phenoxy) is 1. The SMILES string of the molecule is C=CCOc1ccccc1CNC(=NC)NCCCn1nc(C)cc1C. The van der Waals surface area contributed by atoms with E-state index in [1.807, 2.05) is 35.9 Å². The van der Waals surface area contributed by atoms with Gasteiger partial charge in [-0.25, -0.2) is 0 Å². The first-order chi connectivity index (χ1) is 12.6. The molecule has 0 fully saturated rings. The van der Waals surface area contributed by atoms with Crippen LogP contribution in [0.1, 0.15) is 23.4 Å². The van der Waals surface area contributed by atoms with Gasteiger partial charge >= 0.3 is 0 Å². The molecule has 1 aromatic heterocycles. The Morgan fingerprint density at radius 1 is 1.31 bits per heavy atom. The van der Waals surface area contributed by atoms with E-state index in [9.17, 15) is 0 Å². The molecule has 2 rings (SSSR count). The summed E-state index contributed by atoms with van der Waals surface area (Å²) in [4.78, 5) is 4.28. The number of benzene rings is 1. The molecule has 0 aliphatic heterocycles. The summed E-state index contributed by atoms with van der Waals surface area (Å²) in [6.07, 6.45) is 2.72. The van der Waals surface area contributed by atoms with Gasteiger partial charge in [-0.15, -0.1) is 0 Å². The summed E-state index contributed by atoms with van der Waals surface area (Å²) in [5, 5.41) is 11.1. The van der Waals surface area contributed by atoms with Gasteiger partial charge in [0.05, 0.1) is 5.69 Å². The zero-order valence-corrected chi connectivity index (χ0v) is 16.0. The highest BCUT2D eigenvalue weighted by atomic mass is 16.5. The quantitative estimate of drug-likeness (QED) is 0.314. The Kier molecular flexibility index (Phi) is 7.74. The maximum Gasteiger partial charge on any atom is 0.191 e. The van der Waals surface area contributed by atoms with E-state index in [4.69, 9.17) is 4.74 Å². The van der Waals surface area contributed by atoms with Crippen LogP contribution >= 0.6 is 0 Å². The maximum absolute atomic E-state index is 5.68. The van der Waals surface area contributed by atoms with Crippen LogP contribution in [0.15, 0.2) is 48.0 Å². The van der Waals surface area contributed by atoms with Crippen molar-refractivity contribution in [2.24, 2.45) is 4.99 Å². The Morgan fingerprint density at radius 3 is 2.81 bits per heavy atom. The van der Waals surface area contributed by atoms with Crippen molar-refractivity contribution in [2.45, 2.75) is 33.4 Å². The molecule has 0 amide bonds. The minimum atomic E-state index is 0.496. The van der Waals surface area contributed by atoms with Crippen molar-refractivity contribution in [3.8, 4) is 5.75 Å². The van der Waals surface area contributed by atoms with Crippen LogP contribution in [0.2, 0.25) is 0 Å². The first kappa shape index (κ1) is 19.6. The van der Waals surface area contributed by atoms with Crippen molar-refractivity contribution in [1.82, 2.24) is 20.4 Å². The summed E-state index contributed by atoms with van der Waals surface area (Å²) in [5.41, 5.74) is 3.34. The molecule has 0 spiro atoms. The number of aryl methyl sites for hydroxylation is 3. The lowest BCUT2D eigenvalue weighted by Gasteiger charge is -2.14. The summed E-state index contributed by atoms with van der Waals surface area (Å²) in [6, 6.07) is 10.1. The van der Waals surface area contributed by atoms with E-state index in [1.54, 1.807) is 13.1 Å². The number of hydrogen-bond acceptors (Lipinski definition) is 3. The van der Waals surface area contributed by atoms with Crippen LogP contribution in [0.4, 0.5) is 0 Å². The lowest BCUT2D eigenvalue weighted by Crippen LogP contribution is -2.37. The zero-order chi connectivity index (χ0) is 18.8. The van der Waals surface area contributed by atoms with Gasteiger partial charge in [0, 0.05) is 37.9 Å². The van der Waals surface area contributed by atoms with Gasteiger partial charge in [-0.2, -0.15) is 5.10 Å². The van der Waals surface area contributed by atoms with Crippen LogP contribution in [0.3, 0.4) is 0 Å². The third-order valence-corrected chi connectivity index (χ3v) is 3.94. The molecule has 0 radical (unpaired) electrons. The van der Waals surface area contributed by atoms with Crippen molar-refractivity contribution in [1.29, 1.82) is 0 Å². The maximum atomic E-state index is 5.68. The van der Waals surface area contributed by atoms with Gasteiger partial charge in [-0.3, -0.25) is 9.67 Å².